The second-order valence-electron chi connectivity index (χ2n) is 2.64. The molecule has 0 bridgehead atoms. The van der Waals surface area contributed by atoms with Gasteiger partial charge in [-0.15, -0.1) is 0 Å². The highest BCUT2D eigenvalue weighted by molar-refractivity contribution is 7.19. The van der Waals surface area contributed by atoms with E-state index in [9.17, 15) is 0 Å². The lowest BCUT2D eigenvalue weighted by atomic mass is 10.2. The first-order valence-electron chi connectivity index (χ1n) is 3.73. The molecule has 0 aliphatic carbocycles. The monoisotopic (exact) mass is 166 g/mol. The normalized spacial score (nSPS) is 15.5. The summed E-state index contributed by atoms with van der Waals surface area (Å²) in [6.07, 6.45) is 0. The first kappa shape index (κ1) is 6.93. The van der Waals surface area contributed by atoms with Crippen LogP contribution in [0.1, 0.15) is 0 Å². The van der Waals surface area contributed by atoms with Gasteiger partial charge in [0, 0.05) is 13.1 Å². The third kappa shape index (κ3) is 1.19. The van der Waals surface area contributed by atoms with Crippen molar-refractivity contribution in [1.29, 1.82) is 0 Å². The molecule has 1 aromatic rings. The number of para-hydroxylation sites is 2. The van der Waals surface area contributed by atoms with E-state index in [1.807, 2.05) is 0 Å². The van der Waals surface area contributed by atoms with Gasteiger partial charge in [0.1, 0.15) is 0 Å². The van der Waals surface area contributed by atoms with Gasteiger partial charge >= 0.3 is 0 Å². The molecule has 0 spiro atoms. The molecule has 1 atom stereocenters. The third-order valence-corrected chi connectivity index (χ3v) is 2.42. The summed E-state index contributed by atoms with van der Waals surface area (Å²) in [7, 11) is 2.73. The van der Waals surface area contributed by atoms with Gasteiger partial charge in [-0.2, -0.15) is 0 Å². The fourth-order valence-corrected chi connectivity index (χ4v) is 1.66. The molecule has 1 aliphatic heterocycles. The minimum Gasteiger partial charge on any atom is -0.382 e. The van der Waals surface area contributed by atoms with Crippen molar-refractivity contribution in [1.82, 2.24) is 0 Å². The van der Waals surface area contributed by atoms with Crippen LogP contribution in [-0.2, 0) is 0 Å². The van der Waals surface area contributed by atoms with Crippen LogP contribution in [0, 0.1) is 0 Å². The summed E-state index contributed by atoms with van der Waals surface area (Å²) in [6, 6.07) is 8.33. The summed E-state index contributed by atoms with van der Waals surface area (Å²) in [5.74, 6) is 0. The van der Waals surface area contributed by atoms with Crippen LogP contribution < -0.4 is 9.99 Å². The number of anilines is 2. The minimum absolute atomic E-state index is 1.03. The van der Waals surface area contributed by atoms with Crippen molar-refractivity contribution >= 4 is 20.8 Å². The van der Waals surface area contributed by atoms with E-state index in [1.165, 1.54) is 11.4 Å². The maximum absolute atomic E-state index is 3.34. The minimum atomic E-state index is 1.03. The number of hydrogen-bond donors (Lipinski definition) is 1. The first-order chi connectivity index (χ1) is 5.38. The van der Waals surface area contributed by atoms with Crippen molar-refractivity contribution in [3.05, 3.63) is 24.3 Å². The second-order valence-corrected chi connectivity index (χ2v) is 3.26. The molecule has 58 valence electrons. The van der Waals surface area contributed by atoms with Crippen LogP contribution in [0.3, 0.4) is 0 Å². The number of hydrogen-bond acceptors (Lipinski definition) is 2. The number of nitrogens with one attached hydrogen (secondary N) is 1. The Labute approximate surface area is 68.9 Å². The SMILES string of the molecule is PN1CCNc2ccccc21. The van der Waals surface area contributed by atoms with Crippen LogP contribution in [0.25, 0.3) is 0 Å². The molecule has 11 heavy (non-hydrogen) atoms. The van der Waals surface area contributed by atoms with Gasteiger partial charge in [-0.25, -0.2) is 0 Å². The van der Waals surface area contributed by atoms with Gasteiger partial charge in [0.2, 0.25) is 0 Å². The molecule has 0 fully saturated rings. The highest BCUT2D eigenvalue weighted by Gasteiger charge is 2.10. The quantitative estimate of drug-likeness (QED) is 0.590. The van der Waals surface area contributed by atoms with Gasteiger partial charge in [-0.05, 0) is 21.5 Å². The highest BCUT2D eigenvalue weighted by Crippen LogP contribution is 2.30. The molecular weight excluding hydrogens is 155 g/mol. The Balaban J connectivity index is 2.44. The number of fused-ring (bicyclic) bond motifs is 1. The fourth-order valence-electron chi connectivity index (χ4n) is 1.31. The van der Waals surface area contributed by atoms with E-state index in [1.54, 1.807) is 0 Å². The van der Waals surface area contributed by atoms with Gasteiger partial charge in [-0.3, -0.25) is 0 Å². The summed E-state index contributed by atoms with van der Waals surface area (Å²) >= 11 is 0. The summed E-state index contributed by atoms with van der Waals surface area (Å²) in [6.45, 7) is 2.09. The standard InChI is InChI=1S/C8H11N2P/c11-10-6-5-9-7-3-1-2-4-8(7)10/h1-4,9H,5-6,11H2. The van der Waals surface area contributed by atoms with E-state index in [0.29, 0.717) is 0 Å². The molecule has 2 nitrogen and oxygen atoms in total. The van der Waals surface area contributed by atoms with Crippen molar-refractivity contribution in [3.63, 3.8) is 0 Å². The lowest BCUT2D eigenvalue weighted by Gasteiger charge is -2.27. The lowest BCUT2D eigenvalue weighted by molar-refractivity contribution is 0.983. The summed E-state index contributed by atoms with van der Waals surface area (Å²) in [4.78, 5) is 0. The zero-order valence-corrected chi connectivity index (χ0v) is 7.40. The molecule has 1 aromatic carbocycles. The predicted molar refractivity (Wildman–Crippen MR) is 52.0 cm³/mol. The zero-order chi connectivity index (χ0) is 7.68. The Morgan fingerprint density at radius 2 is 2.18 bits per heavy atom. The topological polar surface area (TPSA) is 15.3 Å². The van der Waals surface area contributed by atoms with Gasteiger partial charge in [0.25, 0.3) is 0 Å². The Kier molecular flexibility index (Phi) is 1.71. The third-order valence-electron chi connectivity index (χ3n) is 1.88. The van der Waals surface area contributed by atoms with Crippen molar-refractivity contribution in [2.75, 3.05) is 23.1 Å². The van der Waals surface area contributed by atoms with Gasteiger partial charge in [0.15, 0.2) is 0 Å². The van der Waals surface area contributed by atoms with E-state index in [2.05, 4.69) is 43.6 Å². The number of nitrogens with zero attached hydrogens (tertiary/aromatic N) is 1. The first-order valence-corrected chi connectivity index (χ1v) is 4.25. The lowest BCUT2D eigenvalue weighted by Crippen LogP contribution is -2.25. The molecule has 1 aliphatic rings. The Hall–Kier alpha value is -0.750. The van der Waals surface area contributed by atoms with Crippen LogP contribution >= 0.6 is 9.39 Å². The number of rotatable bonds is 0. The smallest absolute Gasteiger partial charge is 0.0631 e. The maximum atomic E-state index is 3.34. The van der Waals surface area contributed by atoms with Crippen LogP contribution in [-0.4, -0.2) is 13.1 Å². The largest absolute Gasteiger partial charge is 0.382 e. The van der Waals surface area contributed by atoms with Crippen LogP contribution in [0.4, 0.5) is 11.4 Å². The van der Waals surface area contributed by atoms with Gasteiger partial charge in [0.05, 0.1) is 11.4 Å². The summed E-state index contributed by atoms with van der Waals surface area (Å²) in [5, 5.41) is 3.34. The predicted octanol–water partition coefficient (Wildman–Crippen LogP) is 1.71. The van der Waals surface area contributed by atoms with Gasteiger partial charge in [-0.1, -0.05) is 12.1 Å². The summed E-state index contributed by atoms with van der Waals surface area (Å²) in [5.41, 5.74) is 2.50. The average molecular weight is 166 g/mol. The van der Waals surface area contributed by atoms with Crippen molar-refractivity contribution < 1.29 is 0 Å². The van der Waals surface area contributed by atoms with E-state index in [0.717, 1.165) is 13.1 Å². The van der Waals surface area contributed by atoms with Crippen molar-refractivity contribution in [2.24, 2.45) is 0 Å². The molecule has 0 saturated carbocycles. The Bertz CT molecular complexity index is 262. The number of benzene rings is 1. The molecule has 3 heteroatoms. The molecule has 0 radical (unpaired) electrons. The van der Waals surface area contributed by atoms with E-state index < -0.39 is 0 Å². The average Bonchev–Trinajstić information content (AvgIpc) is 2.06. The van der Waals surface area contributed by atoms with Crippen LogP contribution in [0.15, 0.2) is 24.3 Å². The zero-order valence-electron chi connectivity index (χ0n) is 6.25. The van der Waals surface area contributed by atoms with E-state index in [-0.39, 0.29) is 0 Å². The summed E-state index contributed by atoms with van der Waals surface area (Å²) < 4.78 is 2.19. The van der Waals surface area contributed by atoms with Gasteiger partial charge < -0.3 is 9.99 Å². The van der Waals surface area contributed by atoms with Crippen molar-refractivity contribution in [3.8, 4) is 0 Å². The van der Waals surface area contributed by atoms with Crippen molar-refractivity contribution in [2.45, 2.75) is 0 Å². The molecule has 2 rings (SSSR count). The Morgan fingerprint density at radius 1 is 1.36 bits per heavy atom. The van der Waals surface area contributed by atoms with Crippen LogP contribution in [0.2, 0.25) is 0 Å². The molecule has 1 N–H and O–H groups in total. The maximum Gasteiger partial charge on any atom is 0.0631 e. The highest BCUT2D eigenvalue weighted by atomic mass is 31.0. The Morgan fingerprint density at radius 3 is 3.00 bits per heavy atom. The molecule has 1 heterocycles. The molecule has 0 amide bonds. The second kappa shape index (κ2) is 2.71. The van der Waals surface area contributed by atoms with E-state index in [4.69, 9.17) is 0 Å². The molecular formula is C8H11N2P. The molecule has 0 saturated heterocycles. The fraction of sp³-hybridized carbons (Fsp3) is 0.250. The van der Waals surface area contributed by atoms with Crippen LogP contribution in [0.5, 0.6) is 0 Å². The molecule has 0 aromatic heterocycles. The van der Waals surface area contributed by atoms with E-state index >= 15 is 0 Å². The molecule has 1 unspecified atom stereocenters.